The van der Waals surface area contributed by atoms with E-state index in [1.54, 1.807) is 0 Å². The highest BCUT2D eigenvalue weighted by molar-refractivity contribution is 5.90. The fourth-order valence-corrected chi connectivity index (χ4v) is 2.00. The molecule has 132 valence electrons. The second kappa shape index (κ2) is 9.54. The molecule has 2 unspecified atom stereocenters. The number of alkyl carbamates (subject to hydrolysis) is 1. The van der Waals surface area contributed by atoms with E-state index in [-0.39, 0.29) is 12.5 Å². The van der Waals surface area contributed by atoms with Crippen molar-refractivity contribution in [1.82, 2.24) is 10.6 Å². The van der Waals surface area contributed by atoms with Crippen LogP contribution in [-0.2, 0) is 20.9 Å². The van der Waals surface area contributed by atoms with Crippen LogP contribution in [0, 0.1) is 5.92 Å². The summed E-state index contributed by atoms with van der Waals surface area (Å²) in [6.45, 7) is 5.45. The third-order valence-corrected chi connectivity index (χ3v) is 3.31. The molecule has 7 nitrogen and oxygen atoms in total. The number of rotatable bonds is 8. The van der Waals surface area contributed by atoms with Crippen LogP contribution < -0.4 is 16.4 Å². The molecule has 0 aliphatic rings. The number of hydrogen-bond donors (Lipinski definition) is 3. The van der Waals surface area contributed by atoms with Crippen molar-refractivity contribution in [3.63, 3.8) is 0 Å². The van der Waals surface area contributed by atoms with Crippen LogP contribution in [0.15, 0.2) is 30.3 Å². The lowest BCUT2D eigenvalue weighted by atomic mass is 10.0. The van der Waals surface area contributed by atoms with Gasteiger partial charge in [0.25, 0.3) is 0 Å². The van der Waals surface area contributed by atoms with Gasteiger partial charge in [-0.05, 0) is 24.8 Å². The van der Waals surface area contributed by atoms with E-state index in [1.807, 2.05) is 44.2 Å². The molecular weight excluding hydrogens is 310 g/mol. The van der Waals surface area contributed by atoms with E-state index >= 15 is 0 Å². The van der Waals surface area contributed by atoms with Gasteiger partial charge < -0.3 is 21.1 Å². The lowest BCUT2D eigenvalue weighted by Gasteiger charge is -2.21. The van der Waals surface area contributed by atoms with Gasteiger partial charge in [-0.2, -0.15) is 0 Å². The van der Waals surface area contributed by atoms with Crippen LogP contribution in [-0.4, -0.2) is 30.0 Å². The summed E-state index contributed by atoms with van der Waals surface area (Å²) in [5.41, 5.74) is 5.98. The van der Waals surface area contributed by atoms with E-state index < -0.39 is 30.0 Å². The lowest BCUT2D eigenvalue weighted by molar-refractivity contribution is -0.128. The lowest BCUT2D eigenvalue weighted by Crippen LogP contribution is -2.52. The highest BCUT2D eigenvalue weighted by Gasteiger charge is 2.25. The number of nitrogens with two attached hydrogens (primary N) is 1. The zero-order valence-corrected chi connectivity index (χ0v) is 14.2. The van der Waals surface area contributed by atoms with Crippen molar-refractivity contribution in [1.29, 1.82) is 0 Å². The van der Waals surface area contributed by atoms with Gasteiger partial charge in [-0.3, -0.25) is 9.59 Å². The molecule has 3 amide bonds. The smallest absolute Gasteiger partial charge is 0.408 e. The SMILES string of the molecule is CC(C)CC(NC(=O)OCc1ccccc1)C(=O)NC(C)C(N)=O. The molecule has 0 aliphatic carbocycles. The Morgan fingerprint density at radius 2 is 1.71 bits per heavy atom. The van der Waals surface area contributed by atoms with E-state index in [1.165, 1.54) is 6.92 Å². The molecule has 0 aromatic heterocycles. The van der Waals surface area contributed by atoms with Crippen molar-refractivity contribution in [3.8, 4) is 0 Å². The molecule has 2 atom stereocenters. The van der Waals surface area contributed by atoms with Crippen LogP contribution >= 0.6 is 0 Å². The maximum atomic E-state index is 12.2. The summed E-state index contributed by atoms with van der Waals surface area (Å²) < 4.78 is 5.12. The summed E-state index contributed by atoms with van der Waals surface area (Å²) in [7, 11) is 0. The molecule has 1 aromatic rings. The normalized spacial score (nSPS) is 13.0. The second-order valence-electron chi connectivity index (χ2n) is 6.02. The summed E-state index contributed by atoms with van der Waals surface area (Å²) in [5.74, 6) is -0.941. The van der Waals surface area contributed by atoms with Crippen LogP contribution in [0.1, 0.15) is 32.8 Å². The van der Waals surface area contributed by atoms with Crippen LogP contribution in [0.5, 0.6) is 0 Å². The predicted octanol–water partition coefficient (Wildman–Crippen LogP) is 1.32. The number of primary amides is 1. The molecule has 0 spiro atoms. The van der Waals surface area contributed by atoms with Gasteiger partial charge in [0.15, 0.2) is 0 Å². The Morgan fingerprint density at radius 1 is 1.08 bits per heavy atom. The molecule has 0 saturated carbocycles. The average Bonchev–Trinajstić information content (AvgIpc) is 2.52. The molecule has 0 fully saturated rings. The van der Waals surface area contributed by atoms with Gasteiger partial charge in [0.1, 0.15) is 18.7 Å². The first-order valence-corrected chi connectivity index (χ1v) is 7.86. The first-order chi connectivity index (χ1) is 11.3. The Labute approximate surface area is 141 Å². The van der Waals surface area contributed by atoms with Crippen LogP contribution in [0.25, 0.3) is 0 Å². The average molecular weight is 335 g/mol. The maximum Gasteiger partial charge on any atom is 0.408 e. The van der Waals surface area contributed by atoms with E-state index in [9.17, 15) is 14.4 Å². The van der Waals surface area contributed by atoms with E-state index in [0.717, 1.165) is 5.56 Å². The van der Waals surface area contributed by atoms with E-state index in [4.69, 9.17) is 10.5 Å². The largest absolute Gasteiger partial charge is 0.445 e. The number of carbonyl (C=O) groups is 3. The van der Waals surface area contributed by atoms with Crippen molar-refractivity contribution in [3.05, 3.63) is 35.9 Å². The minimum absolute atomic E-state index is 0.111. The molecule has 0 heterocycles. The minimum Gasteiger partial charge on any atom is -0.445 e. The number of amides is 3. The summed E-state index contributed by atoms with van der Waals surface area (Å²) in [6, 6.07) is 7.62. The van der Waals surface area contributed by atoms with Gasteiger partial charge in [-0.25, -0.2) is 4.79 Å². The third-order valence-electron chi connectivity index (χ3n) is 3.31. The topological polar surface area (TPSA) is 111 Å². The van der Waals surface area contributed by atoms with Crippen LogP contribution in [0.2, 0.25) is 0 Å². The third kappa shape index (κ3) is 7.13. The molecule has 24 heavy (non-hydrogen) atoms. The number of ether oxygens (including phenoxy) is 1. The molecule has 0 aliphatic heterocycles. The molecule has 0 saturated heterocycles. The van der Waals surface area contributed by atoms with Gasteiger partial charge in [0, 0.05) is 0 Å². The van der Waals surface area contributed by atoms with Crippen molar-refractivity contribution in [2.45, 2.75) is 45.9 Å². The Bertz CT molecular complexity index is 560. The minimum atomic E-state index is -0.811. The predicted molar refractivity (Wildman–Crippen MR) is 89.8 cm³/mol. The molecule has 1 aromatic carbocycles. The monoisotopic (exact) mass is 335 g/mol. The molecule has 0 bridgehead atoms. The number of carbonyl (C=O) groups excluding carboxylic acids is 3. The van der Waals surface area contributed by atoms with Gasteiger partial charge in [0.05, 0.1) is 0 Å². The Morgan fingerprint density at radius 3 is 2.25 bits per heavy atom. The standard InChI is InChI=1S/C17H25N3O4/c1-11(2)9-14(16(22)19-12(3)15(18)21)20-17(23)24-10-13-7-5-4-6-8-13/h4-8,11-12,14H,9-10H2,1-3H3,(H2,18,21)(H,19,22)(H,20,23). The Hall–Kier alpha value is -2.57. The zero-order chi connectivity index (χ0) is 18.1. The van der Waals surface area contributed by atoms with Crippen molar-refractivity contribution in [2.75, 3.05) is 0 Å². The maximum absolute atomic E-state index is 12.2. The highest BCUT2D eigenvalue weighted by atomic mass is 16.5. The highest BCUT2D eigenvalue weighted by Crippen LogP contribution is 2.07. The first-order valence-electron chi connectivity index (χ1n) is 7.86. The first kappa shape index (κ1) is 19.5. The number of benzene rings is 1. The van der Waals surface area contributed by atoms with Gasteiger partial charge in [-0.1, -0.05) is 44.2 Å². The van der Waals surface area contributed by atoms with E-state index in [0.29, 0.717) is 6.42 Å². The molecule has 1 rings (SSSR count). The van der Waals surface area contributed by atoms with Crippen LogP contribution in [0.3, 0.4) is 0 Å². The van der Waals surface area contributed by atoms with Gasteiger partial charge in [-0.15, -0.1) is 0 Å². The van der Waals surface area contributed by atoms with Crippen molar-refractivity contribution >= 4 is 17.9 Å². The Balaban J connectivity index is 2.59. The van der Waals surface area contributed by atoms with Crippen LogP contribution in [0.4, 0.5) is 4.79 Å². The fraction of sp³-hybridized carbons (Fsp3) is 0.471. The van der Waals surface area contributed by atoms with Gasteiger partial charge >= 0.3 is 6.09 Å². The molecule has 4 N–H and O–H groups in total. The Kier molecular flexibility index (Phi) is 7.74. The number of nitrogens with one attached hydrogen (secondary N) is 2. The van der Waals surface area contributed by atoms with Crippen molar-refractivity contribution < 1.29 is 19.1 Å². The van der Waals surface area contributed by atoms with Gasteiger partial charge in [0.2, 0.25) is 11.8 Å². The van der Waals surface area contributed by atoms with E-state index in [2.05, 4.69) is 10.6 Å². The summed E-state index contributed by atoms with van der Waals surface area (Å²) in [5, 5.41) is 5.02. The number of hydrogen-bond acceptors (Lipinski definition) is 4. The molecule has 7 heteroatoms. The zero-order valence-electron chi connectivity index (χ0n) is 14.2. The summed E-state index contributed by atoms with van der Waals surface area (Å²) in [4.78, 5) is 35.2. The molecule has 0 radical (unpaired) electrons. The summed E-state index contributed by atoms with van der Waals surface area (Å²) >= 11 is 0. The quantitative estimate of drug-likeness (QED) is 0.665. The van der Waals surface area contributed by atoms with Crippen molar-refractivity contribution in [2.24, 2.45) is 11.7 Å². The summed E-state index contributed by atoms with van der Waals surface area (Å²) in [6.07, 6.45) is -0.274. The fourth-order valence-electron chi connectivity index (χ4n) is 2.00. The second-order valence-corrected chi connectivity index (χ2v) is 6.02. The molecular formula is C17H25N3O4.